The molecule has 5 heteroatoms. The van der Waals surface area contributed by atoms with Gasteiger partial charge in [0.2, 0.25) is 5.91 Å². The van der Waals surface area contributed by atoms with E-state index in [1.807, 2.05) is 59.5 Å². The normalized spacial score (nSPS) is 16.5. The lowest BCUT2D eigenvalue weighted by Crippen LogP contribution is -2.62. The highest BCUT2D eigenvalue weighted by molar-refractivity contribution is 8.00. The van der Waals surface area contributed by atoms with Gasteiger partial charge < -0.3 is 9.69 Å². The van der Waals surface area contributed by atoms with Crippen LogP contribution in [-0.4, -0.2) is 36.2 Å². The van der Waals surface area contributed by atoms with Crippen molar-refractivity contribution in [2.75, 3.05) is 6.54 Å². The maximum absolute atomic E-state index is 13.7. The largest absolute Gasteiger partial charge is 0.330 e. The predicted molar refractivity (Wildman–Crippen MR) is 130 cm³/mol. The highest BCUT2D eigenvalue weighted by Gasteiger charge is 2.40. The van der Waals surface area contributed by atoms with Gasteiger partial charge in [-0.1, -0.05) is 85.4 Å². The molecule has 0 aromatic heterocycles. The number of nitrogens with zero attached hydrogens (tertiary/aromatic N) is 1. The van der Waals surface area contributed by atoms with Crippen molar-refractivity contribution in [3.63, 3.8) is 0 Å². The van der Waals surface area contributed by atoms with E-state index >= 15 is 0 Å². The van der Waals surface area contributed by atoms with E-state index in [4.69, 9.17) is 0 Å². The minimum Gasteiger partial charge on any atom is -0.330 e. The van der Waals surface area contributed by atoms with Crippen LogP contribution in [0.2, 0.25) is 6.55 Å². The fourth-order valence-electron chi connectivity index (χ4n) is 4.26. The minimum absolute atomic E-state index is 0.101. The standard InChI is InChI=1S/C26H27NO2SSi/c1-31(22-13-7-3-8-14-22,23-15-9-4-10-16-23)26(29)19-20-27-24(28)17-18-25(27)30-21-11-5-2-6-12-21/h2-16,25H,17-20H2,1H3. The van der Waals surface area contributed by atoms with Crippen LogP contribution < -0.4 is 10.4 Å². The van der Waals surface area contributed by atoms with Crippen LogP contribution in [0.1, 0.15) is 19.3 Å². The molecule has 3 aromatic rings. The van der Waals surface area contributed by atoms with Crippen LogP contribution >= 0.6 is 11.8 Å². The van der Waals surface area contributed by atoms with Gasteiger partial charge in [-0.3, -0.25) is 4.79 Å². The Morgan fingerprint density at radius 3 is 1.97 bits per heavy atom. The molecule has 1 atom stereocenters. The third kappa shape index (κ3) is 4.68. The summed E-state index contributed by atoms with van der Waals surface area (Å²) in [5.41, 5.74) is 0. The van der Waals surface area contributed by atoms with E-state index in [1.54, 1.807) is 11.8 Å². The van der Waals surface area contributed by atoms with Crippen LogP contribution in [0.15, 0.2) is 95.9 Å². The van der Waals surface area contributed by atoms with E-state index in [0.717, 1.165) is 21.7 Å². The second-order valence-electron chi connectivity index (χ2n) is 8.04. The molecule has 4 rings (SSSR count). The topological polar surface area (TPSA) is 37.4 Å². The summed E-state index contributed by atoms with van der Waals surface area (Å²) in [6.45, 7) is 2.63. The highest BCUT2D eigenvalue weighted by atomic mass is 32.2. The fourth-order valence-corrected chi connectivity index (χ4v) is 8.78. The van der Waals surface area contributed by atoms with Gasteiger partial charge in [-0.2, -0.15) is 0 Å². The van der Waals surface area contributed by atoms with Gasteiger partial charge in [-0.15, -0.1) is 11.8 Å². The molecule has 158 valence electrons. The Morgan fingerprint density at radius 1 is 0.903 bits per heavy atom. The molecule has 1 unspecified atom stereocenters. The summed E-state index contributed by atoms with van der Waals surface area (Å²) in [6, 6.07) is 30.5. The van der Waals surface area contributed by atoms with Crippen LogP contribution in [0.3, 0.4) is 0 Å². The summed E-state index contributed by atoms with van der Waals surface area (Å²) in [4.78, 5) is 29.4. The van der Waals surface area contributed by atoms with Crippen molar-refractivity contribution in [2.45, 2.75) is 36.1 Å². The number of amides is 1. The number of likely N-dealkylation sites (tertiary alicyclic amines) is 1. The van der Waals surface area contributed by atoms with Gasteiger partial charge in [0.25, 0.3) is 0 Å². The third-order valence-electron chi connectivity index (χ3n) is 6.13. The van der Waals surface area contributed by atoms with Gasteiger partial charge in [-0.25, -0.2) is 0 Å². The number of benzene rings is 3. The molecular weight excluding hydrogens is 418 g/mol. The van der Waals surface area contributed by atoms with E-state index in [0.29, 0.717) is 19.4 Å². The molecule has 0 aliphatic carbocycles. The Bertz CT molecular complexity index is 988. The smallest absolute Gasteiger partial charge is 0.223 e. The van der Waals surface area contributed by atoms with Gasteiger partial charge in [0.15, 0.2) is 8.07 Å². The third-order valence-corrected chi connectivity index (χ3v) is 11.8. The SMILES string of the molecule is C[Si](C(=O)CCN1C(=O)CCC1Sc1ccccc1)(c1ccccc1)c1ccccc1. The molecule has 0 bridgehead atoms. The van der Waals surface area contributed by atoms with E-state index in [1.165, 1.54) is 0 Å². The summed E-state index contributed by atoms with van der Waals surface area (Å²) in [5.74, 6) is 0.157. The van der Waals surface area contributed by atoms with Crippen LogP contribution in [0, 0.1) is 0 Å². The van der Waals surface area contributed by atoms with Crippen LogP contribution in [0.4, 0.5) is 0 Å². The summed E-state index contributed by atoms with van der Waals surface area (Å²) < 4.78 is 0. The Morgan fingerprint density at radius 2 is 1.42 bits per heavy atom. The lowest BCUT2D eigenvalue weighted by atomic mass is 10.4. The zero-order valence-corrected chi connectivity index (χ0v) is 19.6. The first-order valence-corrected chi connectivity index (χ1v) is 14.1. The number of rotatable bonds is 8. The van der Waals surface area contributed by atoms with Gasteiger partial charge >= 0.3 is 0 Å². The van der Waals surface area contributed by atoms with Crippen LogP contribution in [-0.2, 0) is 9.59 Å². The minimum atomic E-state index is -2.58. The van der Waals surface area contributed by atoms with Crippen molar-refractivity contribution in [3.05, 3.63) is 91.0 Å². The van der Waals surface area contributed by atoms with Gasteiger partial charge in [0, 0.05) is 24.3 Å². The first-order chi connectivity index (χ1) is 15.1. The van der Waals surface area contributed by atoms with Crippen molar-refractivity contribution >= 4 is 41.5 Å². The molecule has 1 fully saturated rings. The number of hydrogen-bond acceptors (Lipinski definition) is 3. The average molecular weight is 446 g/mol. The van der Waals surface area contributed by atoms with Crippen molar-refractivity contribution in [1.29, 1.82) is 0 Å². The van der Waals surface area contributed by atoms with Crippen molar-refractivity contribution in [1.82, 2.24) is 4.90 Å². The molecular formula is C26H27NO2SSi. The Hall–Kier alpha value is -2.63. The van der Waals surface area contributed by atoms with Crippen molar-refractivity contribution in [3.8, 4) is 0 Å². The van der Waals surface area contributed by atoms with E-state index < -0.39 is 8.07 Å². The van der Waals surface area contributed by atoms with Crippen molar-refractivity contribution in [2.24, 2.45) is 0 Å². The molecule has 1 heterocycles. The van der Waals surface area contributed by atoms with E-state index in [9.17, 15) is 9.59 Å². The molecule has 0 N–H and O–H groups in total. The number of thioether (sulfide) groups is 1. The first-order valence-electron chi connectivity index (χ1n) is 10.7. The maximum atomic E-state index is 13.7. The molecule has 3 aromatic carbocycles. The van der Waals surface area contributed by atoms with Crippen molar-refractivity contribution < 1.29 is 9.59 Å². The lowest BCUT2D eigenvalue weighted by molar-refractivity contribution is -0.128. The molecule has 0 saturated carbocycles. The predicted octanol–water partition coefficient (Wildman–Crippen LogP) is 4.12. The van der Waals surface area contributed by atoms with Crippen LogP contribution in [0.25, 0.3) is 0 Å². The summed E-state index contributed by atoms with van der Waals surface area (Å²) in [5, 5.41) is 2.61. The summed E-state index contributed by atoms with van der Waals surface area (Å²) >= 11 is 1.72. The van der Waals surface area contributed by atoms with Gasteiger partial charge in [0.05, 0.1) is 5.37 Å². The average Bonchev–Trinajstić information content (AvgIpc) is 3.17. The summed E-state index contributed by atoms with van der Waals surface area (Å²) in [6.07, 6.45) is 1.79. The maximum Gasteiger partial charge on any atom is 0.223 e. The zero-order chi connectivity index (χ0) is 21.7. The first kappa shape index (κ1) is 21.6. The molecule has 1 amide bonds. The van der Waals surface area contributed by atoms with Crippen LogP contribution in [0.5, 0.6) is 0 Å². The second kappa shape index (κ2) is 9.67. The Kier molecular flexibility index (Phi) is 6.73. The molecule has 0 spiro atoms. The van der Waals surface area contributed by atoms with Gasteiger partial charge in [-0.05, 0) is 28.9 Å². The Balaban J connectivity index is 1.53. The lowest BCUT2D eigenvalue weighted by Gasteiger charge is -2.29. The van der Waals surface area contributed by atoms with Gasteiger partial charge in [0.1, 0.15) is 5.41 Å². The molecule has 0 radical (unpaired) electrons. The highest BCUT2D eigenvalue weighted by Crippen LogP contribution is 2.33. The van der Waals surface area contributed by atoms with E-state index in [2.05, 4.69) is 42.9 Å². The molecule has 31 heavy (non-hydrogen) atoms. The fraction of sp³-hybridized carbons (Fsp3) is 0.231. The zero-order valence-electron chi connectivity index (χ0n) is 17.7. The second-order valence-corrected chi connectivity index (χ2v) is 13.3. The van der Waals surface area contributed by atoms with E-state index in [-0.39, 0.29) is 16.7 Å². The Labute approximate surface area is 189 Å². The quantitative estimate of drug-likeness (QED) is 0.490. The number of carbonyl (C=O) groups is 2. The number of carbonyl (C=O) groups excluding carboxylic acids is 2. The molecule has 1 aliphatic rings. The molecule has 1 saturated heterocycles. The molecule has 3 nitrogen and oxygen atoms in total. The monoisotopic (exact) mass is 445 g/mol. The molecule has 1 aliphatic heterocycles. The summed E-state index contributed by atoms with van der Waals surface area (Å²) in [7, 11) is -2.58. The number of hydrogen-bond donors (Lipinski definition) is 0.